The Morgan fingerprint density at radius 3 is 2.84 bits per heavy atom. The number of H-pyrrole nitrogens is 2. The number of aryl methyl sites for hydroxylation is 2. The van der Waals surface area contributed by atoms with E-state index in [1.807, 2.05) is 24.9 Å². The normalized spacial score (nSPS) is 17.2. The predicted molar refractivity (Wildman–Crippen MR) is 122 cm³/mol. The zero-order valence-corrected chi connectivity index (χ0v) is 18.6. The van der Waals surface area contributed by atoms with Crippen molar-refractivity contribution in [2.75, 3.05) is 37.7 Å². The Hall–Kier alpha value is -2.64. The number of carbonyl (C=O) groups is 1. The fourth-order valence-electron chi connectivity index (χ4n) is 5.25. The van der Waals surface area contributed by atoms with Gasteiger partial charge in [0.2, 0.25) is 5.91 Å². The molecule has 1 aliphatic heterocycles. The molecule has 3 N–H and O–H groups in total. The second-order valence-corrected chi connectivity index (χ2v) is 9.26. The standard InChI is InChI=1S/C24H31N5O2/c1-4-28(10-11-30)8-9-29-20-12-17-16-7-5-6-15-14-25-27-21(15)22(16)26-19(17)13-18(20)24(2,3)23(29)31/h12-14,26,30H,4-11H2,1-3H3,(H,25,27). The monoisotopic (exact) mass is 421 g/mol. The topological polar surface area (TPSA) is 88.2 Å². The van der Waals surface area contributed by atoms with E-state index in [0.29, 0.717) is 13.1 Å². The first-order valence-electron chi connectivity index (χ1n) is 11.3. The first-order valence-corrected chi connectivity index (χ1v) is 11.3. The zero-order valence-electron chi connectivity index (χ0n) is 18.6. The molecule has 2 aromatic heterocycles. The van der Waals surface area contributed by atoms with Crippen molar-refractivity contribution in [1.29, 1.82) is 0 Å². The van der Waals surface area contributed by atoms with E-state index < -0.39 is 5.41 Å². The lowest BCUT2D eigenvalue weighted by Crippen LogP contribution is -2.41. The summed E-state index contributed by atoms with van der Waals surface area (Å²) in [4.78, 5) is 21.1. The molecule has 3 aromatic rings. The van der Waals surface area contributed by atoms with E-state index in [4.69, 9.17) is 0 Å². The molecule has 7 nitrogen and oxygen atoms in total. The van der Waals surface area contributed by atoms with Gasteiger partial charge < -0.3 is 15.0 Å². The molecule has 1 amide bonds. The van der Waals surface area contributed by atoms with Crippen LogP contribution in [0.5, 0.6) is 0 Å². The lowest BCUT2D eigenvalue weighted by Gasteiger charge is -2.25. The maximum atomic E-state index is 13.4. The third-order valence-corrected chi connectivity index (χ3v) is 7.11. The Balaban J connectivity index is 1.59. The Morgan fingerprint density at radius 2 is 2.06 bits per heavy atom. The second kappa shape index (κ2) is 7.50. The average Bonchev–Trinajstić information content (AvgIpc) is 3.37. The van der Waals surface area contributed by atoms with Crippen LogP contribution in [0.4, 0.5) is 5.69 Å². The summed E-state index contributed by atoms with van der Waals surface area (Å²) in [5.41, 5.74) is 7.45. The van der Waals surface area contributed by atoms with Crippen molar-refractivity contribution in [3.63, 3.8) is 0 Å². The van der Waals surface area contributed by atoms with Gasteiger partial charge in [-0.2, -0.15) is 5.10 Å². The Kier molecular flexibility index (Phi) is 4.90. The lowest BCUT2D eigenvalue weighted by atomic mass is 9.85. The SMILES string of the molecule is CCN(CCO)CCN1C(=O)C(C)(C)c2cc3[nH]c4c(c3cc21)CCCc1cn[nH]c1-4. The number of hydrogen-bond donors (Lipinski definition) is 3. The van der Waals surface area contributed by atoms with E-state index in [-0.39, 0.29) is 12.5 Å². The fourth-order valence-corrected chi connectivity index (χ4v) is 5.25. The molecule has 0 radical (unpaired) electrons. The third-order valence-electron chi connectivity index (χ3n) is 7.11. The van der Waals surface area contributed by atoms with E-state index in [1.165, 1.54) is 16.5 Å². The minimum absolute atomic E-state index is 0.134. The van der Waals surface area contributed by atoms with Crippen molar-refractivity contribution < 1.29 is 9.90 Å². The van der Waals surface area contributed by atoms with Crippen LogP contribution in [0.15, 0.2) is 18.3 Å². The number of carbonyl (C=O) groups excluding carboxylic acids is 1. The van der Waals surface area contributed by atoms with Gasteiger partial charge in [0.1, 0.15) is 0 Å². The quantitative estimate of drug-likeness (QED) is 0.571. The van der Waals surface area contributed by atoms with Gasteiger partial charge in [0, 0.05) is 36.2 Å². The van der Waals surface area contributed by atoms with Crippen molar-refractivity contribution in [3.8, 4) is 11.4 Å². The number of nitrogens with one attached hydrogen (secondary N) is 2. The second-order valence-electron chi connectivity index (χ2n) is 9.26. The van der Waals surface area contributed by atoms with Crippen LogP contribution in [-0.4, -0.2) is 63.9 Å². The third kappa shape index (κ3) is 3.10. The molecule has 5 rings (SSSR count). The molecule has 2 aliphatic rings. The molecule has 3 heterocycles. The van der Waals surface area contributed by atoms with Crippen LogP contribution in [0.1, 0.15) is 43.9 Å². The maximum Gasteiger partial charge on any atom is 0.237 e. The molecule has 0 saturated carbocycles. The van der Waals surface area contributed by atoms with Gasteiger partial charge in [-0.3, -0.25) is 14.8 Å². The minimum Gasteiger partial charge on any atom is -0.395 e. The number of anilines is 1. The number of aromatic nitrogens is 3. The molecule has 0 atom stereocenters. The van der Waals surface area contributed by atoms with E-state index in [1.54, 1.807) is 0 Å². The number of aliphatic hydroxyl groups is 1. The van der Waals surface area contributed by atoms with Gasteiger partial charge >= 0.3 is 0 Å². The highest BCUT2D eigenvalue weighted by atomic mass is 16.3. The van der Waals surface area contributed by atoms with Crippen LogP contribution in [0.3, 0.4) is 0 Å². The number of nitrogens with zero attached hydrogens (tertiary/aromatic N) is 3. The van der Waals surface area contributed by atoms with Crippen molar-refractivity contribution in [1.82, 2.24) is 20.1 Å². The minimum atomic E-state index is -0.556. The molecule has 0 bridgehead atoms. The van der Waals surface area contributed by atoms with Crippen molar-refractivity contribution in [3.05, 3.63) is 35.0 Å². The summed E-state index contributed by atoms with van der Waals surface area (Å²) in [6.45, 7) is 9.13. The average molecular weight is 422 g/mol. The highest BCUT2D eigenvalue weighted by Gasteiger charge is 2.44. The van der Waals surface area contributed by atoms with Crippen LogP contribution < -0.4 is 4.90 Å². The molecule has 7 heteroatoms. The number of aliphatic hydroxyl groups excluding tert-OH is 1. The van der Waals surface area contributed by atoms with Crippen LogP contribution in [0, 0.1) is 0 Å². The van der Waals surface area contributed by atoms with Gasteiger partial charge in [0.15, 0.2) is 0 Å². The Bertz CT molecular complexity index is 1140. The van der Waals surface area contributed by atoms with Gasteiger partial charge in [-0.15, -0.1) is 0 Å². The summed E-state index contributed by atoms with van der Waals surface area (Å²) in [5.74, 6) is 0.150. The van der Waals surface area contributed by atoms with Gasteiger partial charge in [-0.25, -0.2) is 0 Å². The first kappa shape index (κ1) is 20.3. The number of hydrogen-bond acceptors (Lipinski definition) is 4. The predicted octanol–water partition coefficient (Wildman–Crippen LogP) is 2.99. The fraction of sp³-hybridized carbons (Fsp3) is 0.500. The number of likely N-dealkylation sites (N-methyl/N-ethyl adjacent to an activating group) is 1. The van der Waals surface area contributed by atoms with Gasteiger partial charge in [-0.05, 0) is 68.5 Å². The summed E-state index contributed by atoms with van der Waals surface area (Å²) in [5, 5.41) is 18.0. The van der Waals surface area contributed by atoms with Gasteiger partial charge in [0.05, 0.1) is 29.6 Å². The molecule has 0 saturated heterocycles. The summed E-state index contributed by atoms with van der Waals surface area (Å²) >= 11 is 0. The van der Waals surface area contributed by atoms with Crippen LogP contribution in [-0.2, 0) is 23.1 Å². The summed E-state index contributed by atoms with van der Waals surface area (Å²) in [7, 11) is 0. The van der Waals surface area contributed by atoms with E-state index in [9.17, 15) is 9.90 Å². The highest BCUT2D eigenvalue weighted by Crippen LogP contribution is 2.45. The Labute approximate surface area is 182 Å². The number of aromatic amines is 2. The molecule has 164 valence electrons. The van der Waals surface area contributed by atoms with E-state index in [2.05, 4.69) is 39.1 Å². The van der Waals surface area contributed by atoms with Crippen molar-refractivity contribution >= 4 is 22.5 Å². The first-order chi connectivity index (χ1) is 15.0. The van der Waals surface area contributed by atoms with Crippen molar-refractivity contribution in [2.24, 2.45) is 0 Å². The smallest absolute Gasteiger partial charge is 0.237 e. The molecule has 31 heavy (non-hydrogen) atoms. The van der Waals surface area contributed by atoms with Crippen molar-refractivity contribution in [2.45, 2.75) is 45.4 Å². The number of benzene rings is 1. The molecular formula is C24H31N5O2. The number of amides is 1. The van der Waals surface area contributed by atoms with E-state index >= 15 is 0 Å². The van der Waals surface area contributed by atoms with Crippen LogP contribution in [0.25, 0.3) is 22.3 Å². The van der Waals surface area contributed by atoms with Gasteiger partial charge in [-0.1, -0.05) is 6.92 Å². The van der Waals surface area contributed by atoms with Crippen LogP contribution >= 0.6 is 0 Å². The lowest BCUT2D eigenvalue weighted by molar-refractivity contribution is -0.122. The summed E-state index contributed by atoms with van der Waals surface area (Å²) < 4.78 is 0. The summed E-state index contributed by atoms with van der Waals surface area (Å²) in [6.07, 6.45) is 5.06. The molecule has 0 unspecified atom stereocenters. The largest absolute Gasteiger partial charge is 0.395 e. The summed E-state index contributed by atoms with van der Waals surface area (Å²) in [6, 6.07) is 4.40. The highest BCUT2D eigenvalue weighted by molar-refractivity contribution is 6.10. The van der Waals surface area contributed by atoms with E-state index in [0.717, 1.165) is 60.5 Å². The maximum absolute atomic E-state index is 13.4. The number of fused-ring (bicyclic) bond motifs is 6. The van der Waals surface area contributed by atoms with Crippen LogP contribution in [0.2, 0.25) is 0 Å². The molecule has 0 fully saturated rings. The zero-order chi connectivity index (χ0) is 21.8. The number of rotatable bonds is 6. The molecule has 1 aliphatic carbocycles. The van der Waals surface area contributed by atoms with Gasteiger partial charge in [0.25, 0.3) is 0 Å². The Morgan fingerprint density at radius 1 is 1.23 bits per heavy atom. The molecular weight excluding hydrogens is 390 g/mol. The molecule has 0 spiro atoms. The molecule has 1 aromatic carbocycles.